The first-order chi connectivity index (χ1) is 17.3. The summed E-state index contributed by atoms with van der Waals surface area (Å²) in [6.45, 7) is 4.55. The Balaban J connectivity index is 1.78. The van der Waals surface area contributed by atoms with Crippen LogP contribution in [0.1, 0.15) is 20.8 Å². The fourth-order valence-electron chi connectivity index (χ4n) is 3.72. The zero-order valence-electron chi connectivity index (χ0n) is 20.4. The smallest absolute Gasteiger partial charge is 0.418 e. The number of pyridine rings is 1. The average Bonchev–Trinajstić information content (AvgIpc) is 3.44. The molecule has 1 aromatic carbocycles. The first-order valence-electron chi connectivity index (χ1n) is 10.9. The molecule has 9 nitrogen and oxygen atoms in total. The fourth-order valence-corrected chi connectivity index (χ4v) is 5.19. The number of hydrogen-bond donors (Lipinski definition) is 0. The number of benzene rings is 1. The molecule has 0 bridgehead atoms. The molecule has 4 amide bonds. The van der Waals surface area contributed by atoms with Crippen molar-refractivity contribution in [3.8, 4) is 0 Å². The number of amides is 4. The fraction of sp³-hybridized carbons (Fsp3) is 0.348. The standard InChI is InChI=1S/C23H22ClF2N5O4S2/c1-23(2,3)35-22(34)30-9-13(20(32)29(4)12-7-6-11(25)16(24)17(12)26)31(21(30)33)15-8-14(36-5)18-19(28-15)37-10-27-18/h6-8,10,13H,9H2,1-5H3/t13-/m0/s1. The van der Waals surface area contributed by atoms with Crippen LogP contribution in [0, 0.1) is 11.6 Å². The van der Waals surface area contributed by atoms with Crippen molar-refractivity contribution in [2.75, 3.05) is 29.6 Å². The average molecular weight is 570 g/mol. The highest BCUT2D eigenvalue weighted by molar-refractivity contribution is 7.98. The van der Waals surface area contributed by atoms with Gasteiger partial charge in [0.05, 0.1) is 17.7 Å². The van der Waals surface area contributed by atoms with Crippen LogP contribution >= 0.6 is 34.7 Å². The van der Waals surface area contributed by atoms with Crippen molar-refractivity contribution in [3.63, 3.8) is 0 Å². The van der Waals surface area contributed by atoms with Crippen LogP contribution in [0.5, 0.6) is 0 Å². The minimum atomic E-state index is -1.29. The van der Waals surface area contributed by atoms with Gasteiger partial charge in [-0.3, -0.25) is 9.69 Å². The molecule has 37 heavy (non-hydrogen) atoms. The van der Waals surface area contributed by atoms with E-state index in [4.69, 9.17) is 16.3 Å². The van der Waals surface area contributed by atoms with Crippen LogP contribution in [-0.2, 0) is 9.53 Å². The number of nitrogens with zero attached hydrogens (tertiary/aromatic N) is 5. The number of carbonyl (C=O) groups is 3. The second-order valence-corrected chi connectivity index (χ2v) is 11.1. The van der Waals surface area contributed by atoms with Gasteiger partial charge in [-0.2, -0.15) is 0 Å². The lowest BCUT2D eigenvalue weighted by molar-refractivity contribution is -0.119. The second-order valence-electron chi connectivity index (χ2n) is 9.04. The third-order valence-electron chi connectivity index (χ3n) is 5.43. The number of urea groups is 1. The van der Waals surface area contributed by atoms with Gasteiger partial charge in [0.2, 0.25) is 0 Å². The van der Waals surface area contributed by atoms with E-state index in [0.717, 1.165) is 26.8 Å². The van der Waals surface area contributed by atoms with E-state index in [9.17, 15) is 23.2 Å². The Morgan fingerprint density at radius 1 is 1.30 bits per heavy atom. The Bertz CT molecular complexity index is 1410. The van der Waals surface area contributed by atoms with Crippen molar-refractivity contribution in [1.29, 1.82) is 0 Å². The van der Waals surface area contributed by atoms with Crippen LogP contribution in [0.15, 0.2) is 28.6 Å². The number of ether oxygens (including phenoxy) is 1. The Morgan fingerprint density at radius 3 is 2.65 bits per heavy atom. The summed E-state index contributed by atoms with van der Waals surface area (Å²) in [7, 11) is 1.26. The number of hydrogen-bond acceptors (Lipinski definition) is 8. The number of likely N-dealkylation sites (N-methyl/N-ethyl adjacent to an activating group) is 1. The molecule has 1 aliphatic heterocycles. The van der Waals surface area contributed by atoms with E-state index >= 15 is 0 Å². The van der Waals surface area contributed by atoms with Crippen LogP contribution in [0.25, 0.3) is 10.3 Å². The van der Waals surface area contributed by atoms with Gasteiger partial charge in [-0.1, -0.05) is 11.6 Å². The molecule has 3 heterocycles. The van der Waals surface area contributed by atoms with E-state index in [1.807, 2.05) is 6.26 Å². The highest BCUT2D eigenvalue weighted by atomic mass is 35.5. The van der Waals surface area contributed by atoms with Crippen LogP contribution in [-0.4, -0.2) is 64.4 Å². The van der Waals surface area contributed by atoms with Crippen LogP contribution in [0.2, 0.25) is 5.02 Å². The molecule has 0 aliphatic carbocycles. The van der Waals surface area contributed by atoms with E-state index in [-0.39, 0.29) is 18.1 Å². The van der Waals surface area contributed by atoms with Gasteiger partial charge in [-0.15, -0.1) is 23.1 Å². The summed E-state index contributed by atoms with van der Waals surface area (Å²) >= 11 is 8.33. The van der Waals surface area contributed by atoms with Crippen molar-refractivity contribution in [1.82, 2.24) is 14.9 Å². The summed E-state index contributed by atoms with van der Waals surface area (Å²) in [5.74, 6) is -2.75. The molecule has 0 saturated carbocycles. The summed E-state index contributed by atoms with van der Waals surface area (Å²) < 4.78 is 33.8. The Morgan fingerprint density at radius 2 is 2.00 bits per heavy atom. The second kappa shape index (κ2) is 10.0. The van der Waals surface area contributed by atoms with Gasteiger partial charge in [0, 0.05) is 11.9 Å². The molecule has 196 valence electrons. The van der Waals surface area contributed by atoms with E-state index in [2.05, 4.69) is 9.97 Å². The third-order valence-corrected chi connectivity index (χ3v) is 7.25. The zero-order valence-corrected chi connectivity index (χ0v) is 22.8. The van der Waals surface area contributed by atoms with Crippen LogP contribution in [0.3, 0.4) is 0 Å². The molecule has 1 atom stereocenters. The molecule has 4 rings (SSSR count). The molecule has 0 radical (unpaired) electrons. The number of aromatic nitrogens is 2. The lowest BCUT2D eigenvalue weighted by Gasteiger charge is -2.26. The van der Waals surface area contributed by atoms with Gasteiger partial charge < -0.3 is 9.64 Å². The van der Waals surface area contributed by atoms with E-state index < -0.39 is 46.3 Å². The minimum absolute atomic E-state index is 0.113. The number of thioether (sulfide) groups is 1. The maximum Gasteiger partial charge on any atom is 0.418 e. The first kappa shape index (κ1) is 27.0. The molecular weight excluding hydrogens is 548 g/mol. The third kappa shape index (κ3) is 5.07. The summed E-state index contributed by atoms with van der Waals surface area (Å²) in [5, 5.41) is -0.770. The van der Waals surface area contributed by atoms with Crippen molar-refractivity contribution < 1.29 is 27.9 Å². The maximum absolute atomic E-state index is 14.7. The van der Waals surface area contributed by atoms with E-state index in [1.54, 1.807) is 32.3 Å². The van der Waals surface area contributed by atoms with E-state index in [0.29, 0.717) is 15.2 Å². The first-order valence-corrected chi connectivity index (χ1v) is 13.3. The topological polar surface area (TPSA) is 95.9 Å². The zero-order chi connectivity index (χ0) is 27.2. The van der Waals surface area contributed by atoms with Gasteiger partial charge in [-0.25, -0.2) is 33.2 Å². The van der Waals surface area contributed by atoms with Crippen molar-refractivity contribution in [2.24, 2.45) is 0 Å². The maximum atomic E-state index is 14.7. The van der Waals surface area contributed by atoms with Crippen molar-refractivity contribution in [2.45, 2.75) is 37.3 Å². The predicted molar refractivity (Wildman–Crippen MR) is 139 cm³/mol. The number of fused-ring (bicyclic) bond motifs is 1. The Labute approximate surface area is 224 Å². The predicted octanol–water partition coefficient (Wildman–Crippen LogP) is 5.55. The number of anilines is 2. The minimum Gasteiger partial charge on any atom is -0.443 e. The summed E-state index contributed by atoms with van der Waals surface area (Å²) in [4.78, 5) is 52.9. The summed E-state index contributed by atoms with van der Waals surface area (Å²) in [6, 6.07) is 1.47. The number of halogens is 3. The molecule has 0 spiro atoms. The quantitative estimate of drug-likeness (QED) is 0.300. The molecule has 1 saturated heterocycles. The van der Waals surface area contributed by atoms with Crippen LogP contribution in [0.4, 0.5) is 29.9 Å². The number of carbonyl (C=O) groups excluding carboxylic acids is 3. The van der Waals surface area contributed by atoms with Gasteiger partial charge in [0.1, 0.15) is 38.6 Å². The number of rotatable bonds is 4. The van der Waals surface area contributed by atoms with E-state index in [1.165, 1.54) is 30.1 Å². The number of imide groups is 1. The molecule has 1 aliphatic rings. The summed E-state index contributed by atoms with van der Waals surface area (Å²) in [5.41, 5.74) is 1.05. The molecule has 1 fully saturated rings. The van der Waals surface area contributed by atoms with Crippen molar-refractivity contribution >= 4 is 74.6 Å². The molecule has 14 heteroatoms. The molecule has 0 unspecified atom stereocenters. The Kier molecular flexibility index (Phi) is 7.32. The SMILES string of the molecule is CSc1cc(N2C(=O)N(C(=O)OC(C)(C)C)C[C@H]2C(=O)N(C)c2ccc(F)c(Cl)c2F)nc2scnc12. The van der Waals surface area contributed by atoms with Gasteiger partial charge in [0.15, 0.2) is 5.82 Å². The lowest BCUT2D eigenvalue weighted by Crippen LogP contribution is -2.47. The Hall–Kier alpha value is -3.03. The highest BCUT2D eigenvalue weighted by Crippen LogP contribution is 2.35. The van der Waals surface area contributed by atoms with Gasteiger partial charge >= 0.3 is 12.1 Å². The lowest BCUT2D eigenvalue weighted by atomic mass is 10.2. The van der Waals surface area contributed by atoms with Gasteiger partial charge in [-0.05, 0) is 45.2 Å². The summed E-state index contributed by atoms with van der Waals surface area (Å²) in [6.07, 6.45) is 0.883. The van der Waals surface area contributed by atoms with Crippen LogP contribution < -0.4 is 9.80 Å². The normalized spacial score (nSPS) is 16.0. The number of thiazole rings is 1. The van der Waals surface area contributed by atoms with Gasteiger partial charge in [0.25, 0.3) is 5.91 Å². The largest absolute Gasteiger partial charge is 0.443 e. The highest BCUT2D eigenvalue weighted by Gasteiger charge is 2.48. The molecular formula is C23H22ClF2N5O4S2. The monoisotopic (exact) mass is 569 g/mol. The molecule has 3 aromatic rings. The molecule has 2 aromatic heterocycles. The molecule has 0 N–H and O–H groups in total. The van der Waals surface area contributed by atoms with Crippen molar-refractivity contribution in [3.05, 3.63) is 40.4 Å².